The van der Waals surface area contributed by atoms with Crippen molar-refractivity contribution in [3.8, 4) is 6.07 Å². The van der Waals surface area contributed by atoms with Crippen LogP contribution in [-0.4, -0.2) is 4.98 Å². The highest BCUT2D eigenvalue weighted by Gasteiger charge is 2.26. The van der Waals surface area contributed by atoms with E-state index in [2.05, 4.69) is 32.4 Å². The third-order valence-corrected chi connectivity index (χ3v) is 4.47. The minimum absolute atomic E-state index is 0.637. The van der Waals surface area contributed by atoms with Gasteiger partial charge in [-0.25, -0.2) is 4.98 Å². The number of allylic oxidation sites excluding steroid dienone is 1. The standard InChI is InChI=1S/C15H11BrN2S/c16-13-5-1-10(2-6-13)7-12(8-17)15-18-14(9-19-15)11-3-4-11/h1-2,5-7,9,11H,3-4H2/b12-7-. The average molecular weight is 331 g/mol. The van der Waals surface area contributed by atoms with Crippen LogP contribution in [0, 0.1) is 11.3 Å². The van der Waals surface area contributed by atoms with Gasteiger partial charge in [0.25, 0.3) is 0 Å². The van der Waals surface area contributed by atoms with Gasteiger partial charge in [-0.3, -0.25) is 0 Å². The van der Waals surface area contributed by atoms with E-state index in [0.717, 1.165) is 20.7 Å². The molecular formula is C15H11BrN2S. The Hall–Kier alpha value is -1.44. The smallest absolute Gasteiger partial charge is 0.134 e. The minimum Gasteiger partial charge on any atom is -0.240 e. The van der Waals surface area contributed by atoms with Crippen molar-refractivity contribution in [2.75, 3.05) is 0 Å². The van der Waals surface area contributed by atoms with Gasteiger partial charge in [-0.15, -0.1) is 11.3 Å². The van der Waals surface area contributed by atoms with Crippen molar-refractivity contribution in [2.24, 2.45) is 0 Å². The number of rotatable bonds is 3. The normalized spacial score (nSPS) is 15.3. The largest absolute Gasteiger partial charge is 0.240 e. The van der Waals surface area contributed by atoms with Gasteiger partial charge in [0.1, 0.15) is 11.1 Å². The molecule has 3 rings (SSSR count). The molecular weight excluding hydrogens is 320 g/mol. The van der Waals surface area contributed by atoms with E-state index in [0.29, 0.717) is 11.5 Å². The lowest BCUT2D eigenvalue weighted by molar-refractivity contribution is 1.05. The molecule has 0 bridgehead atoms. The first-order valence-electron chi connectivity index (χ1n) is 6.09. The van der Waals surface area contributed by atoms with Gasteiger partial charge in [0, 0.05) is 15.8 Å². The summed E-state index contributed by atoms with van der Waals surface area (Å²) >= 11 is 4.97. The lowest BCUT2D eigenvalue weighted by Gasteiger charge is -1.96. The van der Waals surface area contributed by atoms with Crippen LogP contribution in [0.2, 0.25) is 0 Å². The van der Waals surface area contributed by atoms with Crippen molar-refractivity contribution in [3.05, 3.63) is 50.4 Å². The topological polar surface area (TPSA) is 36.7 Å². The molecule has 1 aromatic heterocycles. The number of halogens is 1. The zero-order valence-corrected chi connectivity index (χ0v) is 12.5. The fraction of sp³-hybridized carbons (Fsp3) is 0.200. The molecule has 2 aromatic rings. The van der Waals surface area contributed by atoms with Crippen LogP contribution in [0.15, 0.2) is 34.1 Å². The molecule has 1 saturated carbocycles. The molecule has 94 valence electrons. The van der Waals surface area contributed by atoms with E-state index >= 15 is 0 Å². The van der Waals surface area contributed by atoms with Crippen molar-refractivity contribution in [2.45, 2.75) is 18.8 Å². The van der Waals surface area contributed by atoms with Crippen molar-refractivity contribution in [3.63, 3.8) is 0 Å². The van der Waals surface area contributed by atoms with Crippen LogP contribution in [0.5, 0.6) is 0 Å². The predicted molar refractivity (Wildman–Crippen MR) is 81.7 cm³/mol. The Labute approximate surface area is 124 Å². The monoisotopic (exact) mass is 330 g/mol. The molecule has 0 radical (unpaired) electrons. The number of nitrogens with zero attached hydrogens (tertiary/aromatic N) is 2. The Balaban J connectivity index is 1.90. The Morgan fingerprint density at radius 2 is 2.11 bits per heavy atom. The summed E-state index contributed by atoms with van der Waals surface area (Å²) in [5.74, 6) is 0.637. The second-order valence-corrected chi connectivity index (χ2v) is 6.35. The number of hydrogen-bond acceptors (Lipinski definition) is 3. The molecule has 0 saturated heterocycles. The molecule has 1 aliphatic carbocycles. The fourth-order valence-corrected chi connectivity index (χ4v) is 2.98. The summed E-state index contributed by atoms with van der Waals surface area (Å²) in [5, 5.41) is 12.2. The molecule has 1 aromatic carbocycles. The summed E-state index contributed by atoms with van der Waals surface area (Å²) < 4.78 is 1.04. The zero-order valence-electron chi connectivity index (χ0n) is 10.1. The van der Waals surface area contributed by atoms with Gasteiger partial charge in [0.15, 0.2) is 0 Å². The third kappa shape index (κ3) is 2.94. The molecule has 19 heavy (non-hydrogen) atoms. The third-order valence-electron chi connectivity index (χ3n) is 3.05. The highest BCUT2D eigenvalue weighted by atomic mass is 79.9. The molecule has 1 heterocycles. The van der Waals surface area contributed by atoms with Crippen molar-refractivity contribution in [1.82, 2.24) is 4.98 Å². The molecule has 2 nitrogen and oxygen atoms in total. The van der Waals surface area contributed by atoms with Gasteiger partial charge >= 0.3 is 0 Å². The van der Waals surface area contributed by atoms with Crippen molar-refractivity contribution in [1.29, 1.82) is 5.26 Å². The molecule has 4 heteroatoms. The zero-order chi connectivity index (χ0) is 13.2. The van der Waals surface area contributed by atoms with Crippen LogP contribution >= 0.6 is 27.3 Å². The van der Waals surface area contributed by atoms with E-state index in [9.17, 15) is 5.26 Å². The van der Waals surface area contributed by atoms with Crippen LogP contribution in [0.25, 0.3) is 11.6 Å². The van der Waals surface area contributed by atoms with Crippen molar-refractivity contribution < 1.29 is 0 Å². The number of nitriles is 1. The Morgan fingerprint density at radius 1 is 1.37 bits per heavy atom. The van der Waals surface area contributed by atoms with Gasteiger partial charge in [0.2, 0.25) is 0 Å². The van der Waals surface area contributed by atoms with Crippen LogP contribution in [0.1, 0.15) is 35.0 Å². The van der Waals surface area contributed by atoms with E-state index in [1.807, 2.05) is 30.3 Å². The van der Waals surface area contributed by atoms with Crippen LogP contribution in [0.3, 0.4) is 0 Å². The van der Waals surface area contributed by atoms with Gasteiger partial charge in [-0.1, -0.05) is 28.1 Å². The van der Waals surface area contributed by atoms with E-state index in [-0.39, 0.29) is 0 Å². The van der Waals surface area contributed by atoms with E-state index < -0.39 is 0 Å². The van der Waals surface area contributed by atoms with E-state index in [1.54, 1.807) is 11.3 Å². The van der Waals surface area contributed by atoms with Crippen molar-refractivity contribution >= 4 is 38.9 Å². The Morgan fingerprint density at radius 3 is 2.74 bits per heavy atom. The number of aromatic nitrogens is 1. The molecule has 0 amide bonds. The molecule has 0 spiro atoms. The summed E-state index contributed by atoms with van der Waals surface area (Å²) in [6.07, 6.45) is 4.37. The second kappa shape index (κ2) is 5.28. The summed E-state index contributed by atoms with van der Waals surface area (Å²) in [7, 11) is 0. The summed E-state index contributed by atoms with van der Waals surface area (Å²) in [6, 6.07) is 10.2. The molecule has 1 fully saturated rings. The Bertz CT molecular complexity index is 660. The van der Waals surface area contributed by atoms with Gasteiger partial charge < -0.3 is 0 Å². The number of thiazole rings is 1. The first-order valence-corrected chi connectivity index (χ1v) is 7.76. The fourth-order valence-electron chi connectivity index (χ4n) is 1.84. The maximum Gasteiger partial charge on any atom is 0.134 e. The molecule has 1 aliphatic rings. The van der Waals surface area contributed by atoms with E-state index in [1.165, 1.54) is 12.8 Å². The first-order chi connectivity index (χ1) is 9.26. The van der Waals surface area contributed by atoms with Gasteiger partial charge in [-0.05, 0) is 36.6 Å². The Kier molecular flexibility index (Phi) is 3.50. The highest BCUT2D eigenvalue weighted by molar-refractivity contribution is 9.10. The molecule has 0 aliphatic heterocycles. The lowest BCUT2D eigenvalue weighted by Crippen LogP contribution is -1.83. The second-order valence-electron chi connectivity index (χ2n) is 4.57. The summed E-state index contributed by atoms with van der Waals surface area (Å²) in [5.41, 5.74) is 2.80. The van der Waals surface area contributed by atoms with E-state index in [4.69, 9.17) is 0 Å². The van der Waals surface area contributed by atoms with Crippen LogP contribution in [0.4, 0.5) is 0 Å². The summed E-state index contributed by atoms with van der Waals surface area (Å²) in [4.78, 5) is 4.58. The number of benzene rings is 1. The minimum atomic E-state index is 0.637. The lowest BCUT2D eigenvalue weighted by atomic mass is 10.1. The summed E-state index contributed by atoms with van der Waals surface area (Å²) in [6.45, 7) is 0. The number of hydrogen-bond donors (Lipinski definition) is 0. The quantitative estimate of drug-likeness (QED) is 0.754. The van der Waals surface area contributed by atoms with Crippen LogP contribution in [-0.2, 0) is 0 Å². The van der Waals surface area contributed by atoms with Crippen LogP contribution < -0.4 is 0 Å². The van der Waals surface area contributed by atoms with Gasteiger partial charge in [0.05, 0.1) is 11.3 Å². The molecule has 0 atom stereocenters. The molecule has 0 N–H and O–H groups in total. The maximum atomic E-state index is 9.30. The predicted octanol–water partition coefficient (Wildman–Crippen LogP) is 4.85. The highest BCUT2D eigenvalue weighted by Crippen LogP contribution is 2.40. The average Bonchev–Trinajstić information content (AvgIpc) is 3.17. The first kappa shape index (κ1) is 12.6. The SMILES string of the molecule is N#C/C(=C/c1ccc(Br)cc1)c1nc(C2CC2)cs1. The maximum absolute atomic E-state index is 9.30. The van der Waals surface area contributed by atoms with Gasteiger partial charge in [-0.2, -0.15) is 5.26 Å². The molecule has 0 unspecified atom stereocenters.